The fraction of sp³-hybridized carbons (Fsp3) is 0.923. The maximum atomic E-state index is 11.9. The molecule has 0 radical (unpaired) electrons. The van der Waals surface area contributed by atoms with E-state index in [1.165, 1.54) is 0 Å². The van der Waals surface area contributed by atoms with Gasteiger partial charge in [0.2, 0.25) is 5.91 Å². The quantitative estimate of drug-likeness (QED) is 0.753. The van der Waals surface area contributed by atoms with Crippen LogP contribution in [0, 0.1) is 5.92 Å². The second-order valence-corrected chi connectivity index (χ2v) is 4.93. The summed E-state index contributed by atoms with van der Waals surface area (Å²) in [5, 5.41) is 3.02. The van der Waals surface area contributed by atoms with Crippen molar-refractivity contribution < 1.29 is 4.79 Å². The minimum Gasteiger partial charge on any atom is -0.355 e. The first-order valence-electron chi connectivity index (χ1n) is 6.94. The summed E-state index contributed by atoms with van der Waals surface area (Å²) < 4.78 is 0. The molecule has 0 spiro atoms. The van der Waals surface area contributed by atoms with Gasteiger partial charge in [0.15, 0.2) is 0 Å². The number of nitrogens with one attached hydrogen (secondary N) is 1. The first-order chi connectivity index (χ1) is 8.19. The van der Waals surface area contributed by atoms with E-state index in [0.29, 0.717) is 0 Å². The number of nitrogens with zero attached hydrogens (tertiary/aromatic N) is 1. The minimum absolute atomic E-state index is 0. The van der Waals surface area contributed by atoms with Gasteiger partial charge in [-0.25, -0.2) is 0 Å². The van der Waals surface area contributed by atoms with Crippen LogP contribution in [0.3, 0.4) is 0 Å². The highest BCUT2D eigenvalue weighted by atomic mass is 35.5. The van der Waals surface area contributed by atoms with Crippen LogP contribution in [0.2, 0.25) is 0 Å². The van der Waals surface area contributed by atoms with Crippen LogP contribution in [-0.4, -0.2) is 43.0 Å². The molecule has 116 valence electrons. The van der Waals surface area contributed by atoms with Crippen LogP contribution in [0.1, 0.15) is 39.5 Å². The van der Waals surface area contributed by atoms with Crippen LogP contribution in [0.4, 0.5) is 0 Å². The SMILES string of the molecule is CCCN(CC)CCNC(=O)C1CCCC1N.Cl.Cl. The van der Waals surface area contributed by atoms with Crippen LogP contribution in [0.15, 0.2) is 0 Å². The highest BCUT2D eigenvalue weighted by Crippen LogP contribution is 2.23. The van der Waals surface area contributed by atoms with Gasteiger partial charge in [0.1, 0.15) is 0 Å². The number of likely N-dealkylation sites (N-methyl/N-ethyl adjacent to an activating group) is 1. The molecule has 1 amide bonds. The Kier molecular flexibility index (Phi) is 13.2. The van der Waals surface area contributed by atoms with Crippen molar-refractivity contribution in [1.82, 2.24) is 10.2 Å². The maximum absolute atomic E-state index is 11.9. The molecule has 19 heavy (non-hydrogen) atoms. The summed E-state index contributed by atoms with van der Waals surface area (Å²) in [5.41, 5.74) is 5.91. The normalized spacial score (nSPS) is 21.7. The molecule has 1 saturated carbocycles. The van der Waals surface area contributed by atoms with Crippen molar-refractivity contribution in [3.05, 3.63) is 0 Å². The highest BCUT2D eigenvalue weighted by Gasteiger charge is 2.29. The number of carbonyl (C=O) groups excluding carboxylic acids is 1. The minimum atomic E-state index is 0. The first kappa shape index (κ1) is 21.3. The second kappa shape index (κ2) is 11.8. The molecule has 0 aromatic carbocycles. The summed E-state index contributed by atoms with van der Waals surface area (Å²) in [4.78, 5) is 14.2. The van der Waals surface area contributed by atoms with E-state index in [1.807, 2.05) is 0 Å². The molecule has 1 fully saturated rings. The summed E-state index contributed by atoms with van der Waals surface area (Å²) in [6.45, 7) is 8.18. The van der Waals surface area contributed by atoms with Gasteiger partial charge in [-0.2, -0.15) is 0 Å². The lowest BCUT2D eigenvalue weighted by molar-refractivity contribution is -0.125. The van der Waals surface area contributed by atoms with E-state index in [-0.39, 0.29) is 42.7 Å². The monoisotopic (exact) mass is 313 g/mol. The van der Waals surface area contributed by atoms with E-state index in [2.05, 4.69) is 24.1 Å². The largest absolute Gasteiger partial charge is 0.355 e. The molecule has 2 atom stereocenters. The fourth-order valence-corrected chi connectivity index (χ4v) is 2.53. The van der Waals surface area contributed by atoms with E-state index >= 15 is 0 Å². The Morgan fingerprint density at radius 2 is 1.95 bits per heavy atom. The number of hydrogen-bond donors (Lipinski definition) is 2. The van der Waals surface area contributed by atoms with Gasteiger partial charge in [0.05, 0.1) is 5.92 Å². The number of hydrogen-bond acceptors (Lipinski definition) is 3. The molecule has 1 aliphatic rings. The van der Waals surface area contributed by atoms with Crippen LogP contribution in [0.5, 0.6) is 0 Å². The molecule has 1 aliphatic carbocycles. The first-order valence-corrected chi connectivity index (χ1v) is 6.94. The molecule has 6 heteroatoms. The third-order valence-electron chi connectivity index (χ3n) is 3.62. The van der Waals surface area contributed by atoms with Crippen molar-refractivity contribution in [1.29, 1.82) is 0 Å². The number of carbonyl (C=O) groups is 1. The number of nitrogens with two attached hydrogens (primary N) is 1. The van der Waals surface area contributed by atoms with Gasteiger partial charge in [-0.1, -0.05) is 20.3 Å². The van der Waals surface area contributed by atoms with E-state index in [9.17, 15) is 4.79 Å². The van der Waals surface area contributed by atoms with Gasteiger partial charge in [0.25, 0.3) is 0 Å². The molecule has 2 unspecified atom stereocenters. The van der Waals surface area contributed by atoms with Crippen molar-refractivity contribution in [2.75, 3.05) is 26.2 Å². The Morgan fingerprint density at radius 3 is 2.42 bits per heavy atom. The fourth-order valence-electron chi connectivity index (χ4n) is 2.53. The van der Waals surface area contributed by atoms with Crippen molar-refractivity contribution in [2.45, 2.75) is 45.6 Å². The van der Waals surface area contributed by atoms with Gasteiger partial charge in [-0.05, 0) is 32.4 Å². The molecule has 0 heterocycles. The van der Waals surface area contributed by atoms with Gasteiger partial charge in [-0.3, -0.25) is 4.79 Å². The lowest BCUT2D eigenvalue weighted by atomic mass is 10.0. The molecule has 1 rings (SSSR count). The smallest absolute Gasteiger partial charge is 0.224 e. The average Bonchev–Trinajstić information content (AvgIpc) is 2.74. The van der Waals surface area contributed by atoms with Crippen LogP contribution < -0.4 is 11.1 Å². The third kappa shape index (κ3) is 7.35. The van der Waals surface area contributed by atoms with Gasteiger partial charge in [0, 0.05) is 19.1 Å². The predicted molar refractivity (Wildman–Crippen MR) is 85.2 cm³/mol. The van der Waals surface area contributed by atoms with E-state index in [0.717, 1.165) is 51.9 Å². The Bertz CT molecular complexity index is 242. The van der Waals surface area contributed by atoms with Crippen LogP contribution in [-0.2, 0) is 4.79 Å². The average molecular weight is 314 g/mol. The Hall–Kier alpha value is -0.0300. The van der Waals surface area contributed by atoms with E-state index in [4.69, 9.17) is 5.73 Å². The summed E-state index contributed by atoms with van der Waals surface area (Å²) in [6, 6.07) is 0.0768. The van der Waals surface area contributed by atoms with Crippen LogP contribution in [0.25, 0.3) is 0 Å². The summed E-state index contributed by atoms with van der Waals surface area (Å²) in [6.07, 6.45) is 4.21. The summed E-state index contributed by atoms with van der Waals surface area (Å²) >= 11 is 0. The molecular formula is C13H29Cl2N3O. The molecule has 0 bridgehead atoms. The van der Waals surface area contributed by atoms with Crippen molar-refractivity contribution in [2.24, 2.45) is 11.7 Å². The van der Waals surface area contributed by atoms with Gasteiger partial charge >= 0.3 is 0 Å². The Morgan fingerprint density at radius 1 is 1.26 bits per heavy atom. The van der Waals surface area contributed by atoms with E-state index < -0.39 is 0 Å². The second-order valence-electron chi connectivity index (χ2n) is 4.93. The zero-order valence-corrected chi connectivity index (χ0v) is 13.7. The molecule has 0 aromatic rings. The van der Waals surface area contributed by atoms with Crippen LogP contribution >= 0.6 is 24.8 Å². The lowest BCUT2D eigenvalue weighted by Crippen LogP contribution is -2.41. The molecular weight excluding hydrogens is 285 g/mol. The number of amides is 1. The maximum Gasteiger partial charge on any atom is 0.224 e. The zero-order chi connectivity index (χ0) is 12.7. The molecule has 0 saturated heterocycles. The Labute approximate surface area is 129 Å². The standard InChI is InChI=1S/C13H27N3O.2ClH/c1-3-9-16(4-2)10-8-15-13(17)11-6-5-7-12(11)14;;/h11-12H,3-10,14H2,1-2H3,(H,15,17);2*1H. The molecule has 3 N–H and O–H groups in total. The molecule has 4 nitrogen and oxygen atoms in total. The summed E-state index contributed by atoms with van der Waals surface area (Å²) in [5.74, 6) is 0.207. The van der Waals surface area contributed by atoms with Gasteiger partial charge in [-0.15, -0.1) is 24.8 Å². The predicted octanol–water partition coefficient (Wildman–Crippen LogP) is 1.81. The van der Waals surface area contributed by atoms with Gasteiger partial charge < -0.3 is 16.0 Å². The number of halogens is 2. The van der Waals surface area contributed by atoms with Crippen molar-refractivity contribution in [3.8, 4) is 0 Å². The summed E-state index contributed by atoms with van der Waals surface area (Å²) in [7, 11) is 0. The van der Waals surface area contributed by atoms with Crippen molar-refractivity contribution in [3.63, 3.8) is 0 Å². The molecule has 0 aromatic heterocycles. The third-order valence-corrected chi connectivity index (χ3v) is 3.62. The Balaban J connectivity index is 0. The highest BCUT2D eigenvalue weighted by molar-refractivity contribution is 5.85. The topological polar surface area (TPSA) is 58.4 Å². The number of rotatable bonds is 7. The van der Waals surface area contributed by atoms with Crippen molar-refractivity contribution >= 4 is 30.7 Å². The zero-order valence-electron chi connectivity index (χ0n) is 12.1. The molecule has 0 aliphatic heterocycles. The van der Waals surface area contributed by atoms with E-state index in [1.54, 1.807) is 0 Å². The lowest BCUT2D eigenvalue weighted by Gasteiger charge is -2.21.